The minimum atomic E-state index is -0.842. The molecular weight excluding hydrogens is 522 g/mol. The van der Waals surface area contributed by atoms with Gasteiger partial charge in [0.15, 0.2) is 0 Å². The van der Waals surface area contributed by atoms with Gasteiger partial charge in [-0.3, -0.25) is 24.0 Å². The molecule has 10 heteroatoms. The average molecular weight is 582 g/mol. The van der Waals surface area contributed by atoms with Gasteiger partial charge >= 0.3 is 0 Å². The van der Waals surface area contributed by atoms with E-state index in [2.05, 4.69) is 5.32 Å². The summed E-state index contributed by atoms with van der Waals surface area (Å²) in [4.78, 5) is 72.7. The lowest BCUT2D eigenvalue weighted by atomic mass is 9.95. The lowest BCUT2D eigenvalue weighted by Crippen LogP contribution is -2.60. The van der Waals surface area contributed by atoms with Crippen LogP contribution in [0.4, 0.5) is 0 Å². The van der Waals surface area contributed by atoms with Crippen molar-refractivity contribution in [1.29, 1.82) is 0 Å². The third kappa shape index (κ3) is 11.3. The van der Waals surface area contributed by atoms with Crippen molar-refractivity contribution in [1.82, 2.24) is 24.9 Å². The second-order valence-electron chi connectivity index (χ2n) is 12.9. The van der Waals surface area contributed by atoms with Crippen molar-refractivity contribution in [2.75, 3.05) is 28.2 Å². The van der Waals surface area contributed by atoms with Crippen LogP contribution in [0.25, 0.3) is 0 Å². The van der Waals surface area contributed by atoms with E-state index in [0.717, 1.165) is 0 Å². The smallest absolute Gasteiger partial charge is 0.246 e. The second-order valence-corrected chi connectivity index (χ2v) is 12.9. The first kappa shape index (κ1) is 38.4. The zero-order valence-electron chi connectivity index (χ0n) is 28.3. The summed E-state index contributed by atoms with van der Waals surface area (Å²) in [6.45, 7) is 18.9. The van der Waals surface area contributed by atoms with Crippen LogP contribution in [-0.4, -0.2) is 108 Å². The first-order valence-corrected chi connectivity index (χ1v) is 15.1. The quantitative estimate of drug-likeness (QED) is 0.301. The topological polar surface area (TPSA) is 110 Å². The molecule has 10 nitrogen and oxygen atoms in total. The summed E-state index contributed by atoms with van der Waals surface area (Å²) in [6, 6.07) is -3.08. The van der Waals surface area contributed by atoms with Crippen LogP contribution in [0.5, 0.6) is 0 Å². The number of carbonyl (C=O) groups is 5. The van der Waals surface area contributed by atoms with Crippen molar-refractivity contribution in [3.63, 3.8) is 0 Å². The Morgan fingerprint density at radius 3 is 1.51 bits per heavy atom. The van der Waals surface area contributed by atoms with Crippen LogP contribution < -0.4 is 5.32 Å². The number of hydrogen-bond donors (Lipinski definition) is 1. The largest absolute Gasteiger partial charge is 0.343 e. The second kappa shape index (κ2) is 17.3. The third-order valence-corrected chi connectivity index (χ3v) is 7.72. The molecule has 238 valence electrons. The van der Waals surface area contributed by atoms with Crippen LogP contribution in [0.15, 0.2) is 0 Å². The first-order chi connectivity index (χ1) is 18.8. The van der Waals surface area contributed by atoms with Crippen LogP contribution in [0, 0.1) is 17.8 Å². The molecule has 0 spiro atoms. The molecule has 0 fully saturated rings. The fourth-order valence-corrected chi connectivity index (χ4v) is 4.92. The molecule has 0 aliphatic carbocycles. The maximum Gasteiger partial charge on any atom is 0.246 e. The Hall–Kier alpha value is -2.65. The van der Waals surface area contributed by atoms with E-state index in [1.807, 2.05) is 62.3 Å². The summed E-state index contributed by atoms with van der Waals surface area (Å²) >= 11 is 0. The molecule has 0 saturated heterocycles. The lowest BCUT2D eigenvalue weighted by Gasteiger charge is -2.39. The van der Waals surface area contributed by atoms with Crippen LogP contribution in [0.2, 0.25) is 0 Å². The van der Waals surface area contributed by atoms with E-state index in [9.17, 15) is 24.0 Å². The lowest BCUT2D eigenvalue weighted by molar-refractivity contribution is -0.153. The predicted molar refractivity (Wildman–Crippen MR) is 164 cm³/mol. The molecule has 0 aliphatic heterocycles. The van der Waals surface area contributed by atoms with Crippen molar-refractivity contribution in [2.24, 2.45) is 17.8 Å². The minimum Gasteiger partial charge on any atom is -0.343 e. The summed E-state index contributed by atoms with van der Waals surface area (Å²) in [5.74, 6) is -1.45. The van der Waals surface area contributed by atoms with E-state index in [0.29, 0.717) is 25.7 Å². The molecule has 0 bridgehead atoms. The molecule has 0 heterocycles. The van der Waals surface area contributed by atoms with Gasteiger partial charge in [0, 0.05) is 41.2 Å². The Bertz CT molecular complexity index is 888. The average Bonchev–Trinajstić information content (AvgIpc) is 2.87. The Labute approximate surface area is 249 Å². The first-order valence-electron chi connectivity index (χ1n) is 15.1. The monoisotopic (exact) mass is 581 g/mol. The number of likely N-dealkylation sites (N-methyl/N-ethyl adjacent to an activating group) is 4. The molecule has 4 unspecified atom stereocenters. The molecule has 41 heavy (non-hydrogen) atoms. The van der Waals surface area contributed by atoms with Gasteiger partial charge in [0.2, 0.25) is 29.5 Å². The van der Waals surface area contributed by atoms with E-state index in [4.69, 9.17) is 0 Å². The Balaban J connectivity index is 6.29. The molecule has 4 atom stereocenters. The van der Waals surface area contributed by atoms with Crippen molar-refractivity contribution < 1.29 is 24.0 Å². The maximum absolute atomic E-state index is 14.0. The van der Waals surface area contributed by atoms with Crippen molar-refractivity contribution in [3.05, 3.63) is 0 Å². The summed E-state index contributed by atoms with van der Waals surface area (Å²) in [5, 5.41) is 2.93. The summed E-state index contributed by atoms with van der Waals surface area (Å²) in [5.41, 5.74) is 0. The normalized spacial score (nSPS) is 14.5. The molecule has 0 rings (SSSR count). The molecule has 0 radical (unpaired) electrons. The van der Waals surface area contributed by atoms with E-state index in [1.165, 1.54) is 21.6 Å². The highest BCUT2D eigenvalue weighted by molar-refractivity contribution is 5.95. The summed E-state index contributed by atoms with van der Waals surface area (Å²) < 4.78 is 0. The van der Waals surface area contributed by atoms with Gasteiger partial charge in [-0.2, -0.15) is 0 Å². The van der Waals surface area contributed by atoms with E-state index >= 15 is 0 Å². The number of carbonyl (C=O) groups excluding carboxylic acids is 5. The van der Waals surface area contributed by atoms with E-state index in [1.54, 1.807) is 33.1 Å². The van der Waals surface area contributed by atoms with E-state index < -0.39 is 24.2 Å². The zero-order valence-corrected chi connectivity index (χ0v) is 28.3. The van der Waals surface area contributed by atoms with Gasteiger partial charge < -0.3 is 24.9 Å². The highest BCUT2D eigenvalue weighted by atomic mass is 16.2. The SMILES string of the molecule is CCCC(NC(=O)C(CC(C)C)N(C)C(=O)C(C(C)C)N(C)C(=O)C(CC(C)C)N(C)C(C)=O)C(=O)N(C)C(C)C. The summed E-state index contributed by atoms with van der Waals surface area (Å²) in [6.07, 6.45) is 2.05. The van der Waals surface area contributed by atoms with Gasteiger partial charge in [-0.15, -0.1) is 0 Å². The van der Waals surface area contributed by atoms with Gasteiger partial charge in [0.05, 0.1) is 0 Å². The molecule has 0 aromatic carbocycles. The molecule has 5 amide bonds. The van der Waals surface area contributed by atoms with Gasteiger partial charge in [0.25, 0.3) is 0 Å². The summed E-state index contributed by atoms with van der Waals surface area (Å²) in [7, 11) is 6.51. The number of hydrogen-bond acceptors (Lipinski definition) is 5. The number of nitrogens with zero attached hydrogens (tertiary/aromatic N) is 4. The Morgan fingerprint density at radius 1 is 0.634 bits per heavy atom. The van der Waals surface area contributed by atoms with Crippen LogP contribution in [0.1, 0.15) is 94.9 Å². The number of amides is 5. The van der Waals surface area contributed by atoms with Gasteiger partial charge in [-0.25, -0.2) is 0 Å². The van der Waals surface area contributed by atoms with Gasteiger partial charge in [-0.1, -0.05) is 54.9 Å². The molecule has 0 aromatic rings. The van der Waals surface area contributed by atoms with Crippen LogP contribution in [0.3, 0.4) is 0 Å². The van der Waals surface area contributed by atoms with Crippen molar-refractivity contribution in [2.45, 2.75) is 125 Å². The Morgan fingerprint density at radius 2 is 1.12 bits per heavy atom. The van der Waals surface area contributed by atoms with Crippen LogP contribution in [-0.2, 0) is 24.0 Å². The fourth-order valence-electron chi connectivity index (χ4n) is 4.92. The molecule has 0 aliphatic rings. The number of nitrogens with one attached hydrogen (secondary N) is 1. The molecule has 0 aromatic heterocycles. The predicted octanol–water partition coefficient (Wildman–Crippen LogP) is 3.39. The van der Waals surface area contributed by atoms with Crippen molar-refractivity contribution in [3.8, 4) is 0 Å². The van der Waals surface area contributed by atoms with Crippen LogP contribution >= 0.6 is 0 Å². The minimum absolute atomic E-state index is 0.0177. The highest BCUT2D eigenvalue weighted by Crippen LogP contribution is 2.21. The Kier molecular flexibility index (Phi) is 16.2. The number of rotatable bonds is 16. The zero-order chi connectivity index (χ0) is 32.4. The maximum atomic E-state index is 14.0. The van der Waals surface area contributed by atoms with Crippen molar-refractivity contribution >= 4 is 29.5 Å². The fraction of sp³-hybridized carbons (Fsp3) is 0.839. The third-order valence-electron chi connectivity index (χ3n) is 7.72. The molecule has 1 N–H and O–H groups in total. The molecule has 0 saturated carbocycles. The standard InChI is InChI=1S/C31H59N5O5/c1-15-16-24(29(39)33(11)22(8)9)32-28(38)25(17-19(2)3)35(13)31(41)27(21(6)7)36(14)30(40)26(18-20(4)5)34(12)23(10)37/h19-22,24-27H,15-18H2,1-14H3,(H,32,38). The van der Waals surface area contributed by atoms with E-state index in [-0.39, 0.29) is 53.3 Å². The highest BCUT2D eigenvalue weighted by Gasteiger charge is 2.40. The molecular formula is C31H59N5O5. The van der Waals surface area contributed by atoms with Gasteiger partial charge in [0.1, 0.15) is 24.2 Å². The van der Waals surface area contributed by atoms with Gasteiger partial charge in [-0.05, 0) is 50.9 Å².